The highest BCUT2D eigenvalue weighted by Crippen LogP contribution is 2.51. The monoisotopic (exact) mass is 254 g/mol. The predicted molar refractivity (Wildman–Crippen MR) is 69.4 cm³/mol. The molecule has 1 aliphatic carbocycles. The Kier molecular flexibility index (Phi) is 3.41. The topological polar surface area (TPSA) is 38.7 Å². The van der Waals surface area contributed by atoms with E-state index in [-0.39, 0.29) is 11.7 Å². The summed E-state index contributed by atoms with van der Waals surface area (Å²) in [6, 6.07) is 0. The molecule has 0 amide bonds. The second-order valence-electron chi connectivity index (χ2n) is 6.88. The summed E-state index contributed by atoms with van der Waals surface area (Å²) >= 11 is 0. The Labute approximate surface area is 110 Å². The van der Waals surface area contributed by atoms with E-state index in [0.717, 1.165) is 51.4 Å². The van der Waals surface area contributed by atoms with E-state index in [9.17, 15) is 5.11 Å². The zero-order valence-electron chi connectivity index (χ0n) is 11.5. The molecule has 2 aliphatic heterocycles. The van der Waals surface area contributed by atoms with Crippen LogP contribution in [0, 0.1) is 11.3 Å². The third-order valence-electron chi connectivity index (χ3n) is 5.63. The molecule has 3 aliphatic rings. The van der Waals surface area contributed by atoms with Crippen LogP contribution in [0.5, 0.6) is 0 Å². The van der Waals surface area contributed by atoms with Gasteiger partial charge in [0, 0.05) is 19.8 Å². The Hall–Kier alpha value is -0.120. The minimum absolute atomic E-state index is 0.0662. The van der Waals surface area contributed by atoms with E-state index in [1.165, 1.54) is 19.3 Å². The zero-order chi connectivity index (χ0) is 12.6. The highest BCUT2D eigenvalue weighted by atomic mass is 16.5. The van der Waals surface area contributed by atoms with Crippen molar-refractivity contribution >= 4 is 0 Å². The first-order chi connectivity index (χ1) is 8.62. The Morgan fingerprint density at radius 2 is 1.78 bits per heavy atom. The van der Waals surface area contributed by atoms with Crippen LogP contribution in [0.25, 0.3) is 0 Å². The summed E-state index contributed by atoms with van der Waals surface area (Å²) in [5.41, 5.74) is 0.437. The van der Waals surface area contributed by atoms with Gasteiger partial charge in [-0.2, -0.15) is 0 Å². The van der Waals surface area contributed by atoms with Crippen LogP contribution in [-0.2, 0) is 9.47 Å². The van der Waals surface area contributed by atoms with Crippen LogP contribution in [0.15, 0.2) is 0 Å². The van der Waals surface area contributed by atoms with Crippen molar-refractivity contribution in [2.75, 3.05) is 19.8 Å². The van der Waals surface area contributed by atoms with Crippen LogP contribution in [0.3, 0.4) is 0 Å². The van der Waals surface area contributed by atoms with Gasteiger partial charge >= 0.3 is 0 Å². The van der Waals surface area contributed by atoms with Crippen molar-refractivity contribution in [2.24, 2.45) is 11.3 Å². The first-order valence-corrected chi connectivity index (χ1v) is 7.52. The van der Waals surface area contributed by atoms with Crippen molar-refractivity contribution in [1.82, 2.24) is 0 Å². The Balaban J connectivity index is 1.70. The van der Waals surface area contributed by atoms with Gasteiger partial charge in [-0.3, -0.25) is 0 Å². The minimum Gasteiger partial charge on any atom is -0.393 e. The lowest BCUT2D eigenvalue weighted by atomic mass is 9.67. The molecule has 0 aromatic carbocycles. The molecule has 3 unspecified atom stereocenters. The summed E-state index contributed by atoms with van der Waals surface area (Å²) in [6.07, 6.45) is 7.57. The van der Waals surface area contributed by atoms with Crippen LogP contribution in [0.1, 0.15) is 51.9 Å². The molecular weight excluding hydrogens is 228 g/mol. The van der Waals surface area contributed by atoms with Gasteiger partial charge in [-0.15, -0.1) is 0 Å². The van der Waals surface area contributed by atoms with Gasteiger partial charge in [0.2, 0.25) is 0 Å². The number of hydrogen-bond donors (Lipinski definition) is 1. The summed E-state index contributed by atoms with van der Waals surface area (Å²) in [5.74, 6) is 0.724. The minimum atomic E-state index is -0.0662. The van der Waals surface area contributed by atoms with Crippen molar-refractivity contribution in [3.8, 4) is 0 Å². The molecular formula is C15H26O3. The van der Waals surface area contributed by atoms with Gasteiger partial charge in [0.15, 0.2) is 0 Å². The molecule has 0 aromatic heterocycles. The van der Waals surface area contributed by atoms with Crippen molar-refractivity contribution < 1.29 is 14.6 Å². The third kappa shape index (κ3) is 2.33. The van der Waals surface area contributed by atoms with Crippen LogP contribution < -0.4 is 0 Å². The summed E-state index contributed by atoms with van der Waals surface area (Å²) < 4.78 is 11.6. The standard InChI is InChI=1S/C15H26O3/c1-14(4-2-13(16)11-14)12-3-7-18-15(10-12)5-8-17-9-6-15/h12-13,16H,2-11H2,1H3. The quantitative estimate of drug-likeness (QED) is 0.781. The van der Waals surface area contributed by atoms with Gasteiger partial charge in [-0.25, -0.2) is 0 Å². The summed E-state index contributed by atoms with van der Waals surface area (Å²) in [7, 11) is 0. The molecule has 2 heterocycles. The van der Waals surface area contributed by atoms with E-state index >= 15 is 0 Å². The largest absolute Gasteiger partial charge is 0.393 e. The summed E-state index contributed by atoms with van der Waals surface area (Å²) in [5, 5.41) is 9.85. The lowest BCUT2D eigenvalue weighted by Gasteiger charge is -2.48. The van der Waals surface area contributed by atoms with Crippen molar-refractivity contribution in [3.05, 3.63) is 0 Å². The molecule has 0 bridgehead atoms. The molecule has 2 saturated heterocycles. The van der Waals surface area contributed by atoms with Crippen molar-refractivity contribution in [3.63, 3.8) is 0 Å². The van der Waals surface area contributed by atoms with E-state index < -0.39 is 0 Å². The van der Waals surface area contributed by atoms with Gasteiger partial charge in [0.25, 0.3) is 0 Å². The second-order valence-corrected chi connectivity index (χ2v) is 6.88. The average Bonchev–Trinajstić information content (AvgIpc) is 2.72. The molecule has 0 aromatic rings. The molecule has 3 nitrogen and oxygen atoms in total. The van der Waals surface area contributed by atoms with E-state index in [0.29, 0.717) is 5.41 Å². The number of aliphatic hydroxyl groups excluding tert-OH is 1. The average molecular weight is 254 g/mol. The Morgan fingerprint density at radius 3 is 2.44 bits per heavy atom. The van der Waals surface area contributed by atoms with Gasteiger partial charge in [-0.1, -0.05) is 6.92 Å². The Morgan fingerprint density at radius 1 is 1.00 bits per heavy atom. The first kappa shape index (κ1) is 12.9. The number of hydrogen-bond acceptors (Lipinski definition) is 3. The van der Waals surface area contributed by atoms with Crippen molar-refractivity contribution in [2.45, 2.75) is 63.6 Å². The second kappa shape index (κ2) is 4.77. The van der Waals surface area contributed by atoms with Crippen LogP contribution >= 0.6 is 0 Å². The van der Waals surface area contributed by atoms with E-state index in [4.69, 9.17) is 9.47 Å². The first-order valence-electron chi connectivity index (χ1n) is 7.52. The predicted octanol–water partition coefficient (Wildman–Crippen LogP) is 2.51. The number of ether oxygens (including phenoxy) is 2. The molecule has 104 valence electrons. The summed E-state index contributed by atoms with van der Waals surface area (Å²) in [6.45, 7) is 4.99. The van der Waals surface area contributed by atoms with Crippen LogP contribution in [-0.4, -0.2) is 36.6 Å². The molecule has 3 fully saturated rings. The molecule has 3 atom stereocenters. The maximum atomic E-state index is 9.85. The normalized spacial score (nSPS) is 44.3. The lowest BCUT2D eigenvalue weighted by Crippen LogP contribution is -2.47. The lowest BCUT2D eigenvalue weighted by molar-refractivity contribution is -0.160. The maximum absolute atomic E-state index is 9.85. The smallest absolute Gasteiger partial charge is 0.0729 e. The highest BCUT2D eigenvalue weighted by molar-refractivity contribution is 4.97. The molecule has 3 heteroatoms. The van der Waals surface area contributed by atoms with Crippen LogP contribution in [0.2, 0.25) is 0 Å². The van der Waals surface area contributed by atoms with E-state index in [1.54, 1.807) is 0 Å². The van der Waals surface area contributed by atoms with E-state index in [2.05, 4.69) is 6.92 Å². The molecule has 1 N–H and O–H groups in total. The number of rotatable bonds is 1. The molecule has 1 saturated carbocycles. The molecule has 3 rings (SSSR count). The van der Waals surface area contributed by atoms with Gasteiger partial charge < -0.3 is 14.6 Å². The van der Waals surface area contributed by atoms with Crippen LogP contribution in [0.4, 0.5) is 0 Å². The SMILES string of the molecule is CC1(C2CCOC3(CCOCC3)C2)CCC(O)C1. The molecule has 1 spiro atoms. The fourth-order valence-corrected chi connectivity index (χ4v) is 4.32. The summed E-state index contributed by atoms with van der Waals surface area (Å²) in [4.78, 5) is 0. The fraction of sp³-hybridized carbons (Fsp3) is 1.00. The zero-order valence-corrected chi connectivity index (χ0v) is 11.5. The molecule has 0 radical (unpaired) electrons. The number of aliphatic hydroxyl groups is 1. The highest BCUT2D eigenvalue weighted by Gasteiger charge is 2.47. The van der Waals surface area contributed by atoms with Crippen molar-refractivity contribution in [1.29, 1.82) is 0 Å². The van der Waals surface area contributed by atoms with Gasteiger partial charge in [-0.05, 0) is 56.3 Å². The van der Waals surface area contributed by atoms with E-state index in [1.807, 2.05) is 0 Å². The Bertz CT molecular complexity index is 293. The maximum Gasteiger partial charge on any atom is 0.0729 e. The molecule has 18 heavy (non-hydrogen) atoms. The van der Waals surface area contributed by atoms with Gasteiger partial charge in [0.05, 0.1) is 11.7 Å². The third-order valence-corrected chi connectivity index (χ3v) is 5.63. The van der Waals surface area contributed by atoms with Gasteiger partial charge in [0.1, 0.15) is 0 Å². The fourth-order valence-electron chi connectivity index (χ4n) is 4.32.